The summed E-state index contributed by atoms with van der Waals surface area (Å²) in [7, 11) is 0. The van der Waals surface area contributed by atoms with Crippen molar-refractivity contribution in [2.75, 3.05) is 13.1 Å². The Balaban J connectivity index is 1.65. The monoisotopic (exact) mass is 284 g/mol. The average molecular weight is 284 g/mol. The van der Waals surface area contributed by atoms with Crippen molar-refractivity contribution in [3.63, 3.8) is 0 Å². The van der Waals surface area contributed by atoms with Crippen LogP contribution in [0.5, 0.6) is 5.75 Å². The van der Waals surface area contributed by atoms with Crippen LogP contribution in [0.15, 0.2) is 53.5 Å². The van der Waals surface area contributed by atoms with E-state index in [-0.39, 0.29) is 12.4 Å². The van der Waals surface area contributed by atoms with Crippen LogP contribution in [0.2, 0.25) is 0 Å². The van der Waals surface area contributed by atoms with Gasteiger partial charge in [-0.1, -0.05) is 18.2 Å². The molecule has 3 nitrogen and oxygen atoms in total. The third-order valence-corrected chi connectivity index (χ3v) is 3.38. The van der Waals surface area contributed by atoms with Gasteiger partial charge >= 0.3 is 0 Å². The molecule has 0 aromatic heterocycles. The van der Waals surface area contributed by atoms with Gasteiger partial charge in [0.15, 0.2) is 0 Å². The van der Waals surface area contributed by atoms with Crippen LogP contribution in [-0.2, 0) is 6.61 Å². The van der Waals surface area contributed by atoms with Gasteiger partial charge < -0.3 is 10.1 Å². The number of rotatable bonds is 4. The number of halogens is 1. The second-order valence-corrected chi connectivity index (χ2v) is 4.92. The number of amidine groups is 1. The molecule has 2 aromatic rings. The fourth-order valence-corrected chi connectivity index (χ4v) is 2.21. The summed E-state index contributed by atoms with van der Waals surface area (Å²) >= 11 is 0. The second kappa shape index (κ2) is 6.39. The summed E-state index contributed by atoms with van der Waals surface area (Å²) in [5.41, 5.74) is 1.60. The molecule has 0 atom stereocenters. The van der Waals surface area contributed by atoms with Crippen LogP contribution in [-0.4, -0.2) is 18.9 Å². The molecule has 0 radical (unpaired) electrons. The molecule has 0 amide bonds. The van der Waals surface area contributed by atoms with Gasteiger partial charge in [0.1, 0.15) is 24.0 Å². The van der Waals surface area contributed by atoms with Gasteiger partial charge in [0, 0.05) is 24.2 Å². The average Bonchev–Trinajstić information content (AvgIpc) is 2.55. The van der Waals surface area contributed by atoms with E-state index in [0.29, 0.717) is 5.56 Å². The topological polar surface area (TPSA) is 33.6 Å². The van der Waals surface area contributed by atoms with Crippen LogP contribution in [0, 0.1) is 5.82 Å². The lowest BCUT2D eigenvalue weighted by Gasteiger charge is -2.15. The SMILES string of the molecule is Fc1ccccc1COc1ccc(C2=NCCCN2)cc1. The lowest BCUT2D eigenvalue weighted by atomic mass is 10.1. The van der Waals surface area contributed by atoms with Crippen LogP contribution in [0.1, 0.15) is 17.5 Å². The van der Waals surface area contributed by atoms with Gasteiger partial charge in [0.05, 0.1) is 0 Å². The summed E-state index contributed by atoms with van der Waals surface area (Å²) < 4.78 is 19.1. The molecule has 0 saturated heterocycles. The van der Waals surface area contributed by atoms with E-state index in [1.54, 1.807) is 18.2 Å². The maximum Gasteiger partial charge on any atom is 0.129 e. The summed E-state index contributed by atoms with van der Waals surface area (Å²) in [6.07, 6.45) is 1.08. The van der Waals surface area contributed by atoms with Crippen molar-refractivity contribution >= 4 is 5.84 Å². The zero-order valence-corrected chi connectivity index (χ0v) is 11.7. The van der Waals surface area contributed by atoms with Crippen molar-refractivity contribution < 1.29 is 9.13 Å². The first-order valence-electron chi connectivity index (χ1n) is 7.08. The van der Waals surface area contributed by atoms with Crippen molar-refractivity contribution in [1.82, 2.24) is 5.32 Å². The van der Waals surface area contributed by atoms with Crippen molar-refractivity contribution in [2.24, 2.45) is 4.99 Å². The number of hydrogen-bond acceptors (Lipinski definition) is 3. The molecule has 3 rings (SSSR count). The minimum Gasteiger partial charge on any atom is -0.489 e. The molecule has 1 heterocycles. The third kappa shape index (κ3) is 3.40. The van der Waals surface area contributed by atoms with Crippen LogP contribution in [0.4, 0.5) is 4.39 Å². The van der Waals surface area contributed by atoms with Gasteiger partial charge in [0.25, 0.3) is 0 Å². The van der Waals surface area contributed by atoms with E-state index in [4.69, 9.17) is 4.74 Å². The number of benzene rings is 2. The maximum absolute atomic E-state index is 13.5. The van der Waals surface area contributed by atoms with E-state index in [9.17, 15) is 4.39 Å². The van der Waals surface area contributed by atoms with E-state index in [2.05, 4.69) is 10.3 Å². The van der Waals surface area contributed by atoms with Crippen molar-refractivity contribution in [3.8, 4) is 5.75 Å². The highest BCUT2D eigenvalue weighted by atomic mass is 19.1. The number of nitrogens with zero attached hydrogens (tertiary/aromatic N) is 1. The summed E-state index contributed by atoms with van der Waals surface area (Å²) in [4.78, 5) is 4.45. The molecule has 21 heavy (non-hydrogen) atoms. The molecule has 2 aromatic carbocycles. The fraction of sp³-hybridized carbons (Fsp3) is 0.235. The van der Waals surface area contributed by atoms with E-state index in [0.717, 1.165) is 36.7 Å². The Hall–Kier alpha value is -2.36. The fourth-order valence-electron chi connectivity index (χ4n) is 2.21. The van der Waals surface area contributed by atoms with Gasteiger partial charge in [-0.05, 0) is 36.8 Å². The normalized spacial score (nSPS) is 14.2. The highest BCUT2D eigenvalue weighted by molar-refractivity contribution is 5.99. The minimum absolute atomic E-state index is 0.227. The maximum atomic E-state index is 13.5. The Morgan fingerprint density at radius 1 is 1.10 bits per heavy atom. The molecular weight excluding hydrogens is 267 g/mol. The quantitative estimate of drug-likeness (QED) is 0.935. The number of hydrogen-bond donors (Lipinski definition) is 1. The lowest BCUT2D eigenvalue weighted by molar-refractivity contribution is 0.300. The second-order valence-electron chi connectivity index (χ2n) is 4.92. The van der Waals surface area contributed by atoms with Gasteiger partial charge in [0.2, 0.25) is 0 Å². The molecule has 1 aliphatic rings. The standard InChI is InChI=1S/C17H17FN2O/c18-16-5-2-1-4-14(16)12-21-15-8-6-13(7-9-15)17-19-10-3-11-20-17/h1-2,4-9H,3,10-12H2,(H,19,20). The predicted molar refractivity (Wildman–Crippen MR) is 81.2 cm³/mol. The zero-order chi connectivity index (χ0) is 14.5. The summed E-state index contributed by atoms with van der Waals surface area (Å²) in [5, 5.41) is 3.28. The van der Waals surface area contributed by atoms with E-state index in [1.807, 2.05) is 24.3 Å². The van der Waals surface area contributed by atoms with E-state index >= 15 is 0 Å². The molecular formula is C17H17FN2O. The van der Waals surface area contributed by atoms with E-state index < -0.39 is 0 Å². The van der Waals surface area contributed by atoms with Crippen LogP contribution >= 0.6 is 0 Å². The Bertz CT molecular complexity index is 637. The molecule has 108 valence electrons. The third-order valence-electron chi connectivity index (χ3n) is 3.38. The Kier molecular flexibility index (Phi) is 4.15. The summed E-state index contributed by atoms with van der Waals surface area (Å²) in [5.74, 6) is 1.41. The van der Waals surface area contributed by atoms with Crippen LogP contribution in [0.25, 0.3) is 0 Å². The first-order chi connectivity index (χ1) is 10.3. The Labute approximate surface area is 123 Å². The molecule has 1 aliphatic heterocycles. The first-order valence-corrected chi connectivity index (χ1v) is 7.08. The van der Waals surface area contributed by atoms with Crippen LogP contribution in [0.3, 0.4) is 0 Å². The van der Waals surface area contributed by atoms with Crippen molar-refractivity contribution in [2.45, 2.75) is 13.0 Å². The Morgan fingerprint density at radius 3 is 2.62 bits per heavy atom. The van der Waals surface area contributed by atoms with Crippen molar-refractivity contribution in [3.05, 3.63) is 65.5 Å². The van der Waals surface area contributed by atoms with Gasteiger partial charge in [-0.25, -0.2) is 4.39 Å². The highest BCUT2D eigenvalue weighted by Crippen LogP contribution is 2.16. The first kappa shape index (κ1) is 13.6. The zero-order valence-electron chi connectivity index (χ0n) is 11.7. The minimum atomic E-state index is -0.241. The smallest absolute Gasteiger partial charge is 0.129 e. The molecule has 0 unspecified atom stereocenters. The summed E-state index contributed by atoms with van der Waals surface area (Å²) in [6.45, 7) is 2.06. The van der Waals surface area contributed by atoms with Gasteiger partial charge in [-0.2, -0.15) is 0 Å². The molecule has 0 bridgehead atoms. The largest absolute Gasteiger partial charge is 0.489 e. The molecule has 0 fully saturated rings. The molecule has 0 aliphatic carbocycles. The molecule has 4 heteroatoms. The van der Waals surface area contributed by atoms with Crippen LogP contribution < -0.4 is 10.1 Å². The summed E-state index contributed by atoms with van der Waals surface area (Å²) in [6, 6.07) is 14.3. The lowest BCUT2D eigenvalue weighted by Crippen LogP contribution is -2.30. The molecule has 0 spiro atoms. The van der Waals surface area contributed by atoms with Gasteiger partial charge in [-0.15, -0.1) is 0 Å². The highest BCUT2D eigenvalue weighted by Gasteiger charge is 2.07. The number of aliphatic imine (C=N–C) groups is 1. The predicted octanol–water partition coefficient (Wildman–Crippen LogP) is 3.14. The molecule has 0 saturated carbocycles. The van der Waals surface area contributed by atoms with E-state index in [1.165, 1.54) is 6.07 Å². The Morgan fingerprint density at radius 2 is 1.90 bits per heavy atom. The number of ether oxygens (including phenoxy) is 1. The molecule has 1 N–H and O–H groups in total. The number of nitrogens with one attached hydrogen (secondary N) is 1. The van der Waals surface area contributed by atoms with Crippen molar-refractivity contribution in [1.29, 1.82) is 0 Å². The van der Waals surface area contributed by atoms with Gasteiger partial charge in [-0.3, -0.25) is 4.99 Å².